The number of rotatable bonds is 7. The average Bonchev–Trinajstić information content (AvgIpc) is 2.95. The van der Waals surface area contributed by atoms with Crippen LogP contribution in [0.25, 0.3) is 0 Å². The van der Waals surface area contributed by atoms with Crippen LogP contribution in [0.4, 0.5) is 0 Å². The lowest BCUT2D eigenvalue weighted by Gasteiger charge is -2.06. The smallest absolute Gasteiger partial charge is 0.316 e. The summed E-state index contributed by atoms with van der Waals surface area (Å²) in [7, 11) is 0. The SMILES string of the molecule is CCOC(=O)CSc1nnc([C@H](N)Cc2ccccc2)o1. The molecule has 0 radical (unpaired) electrons. The first-order chi connectivity index (χ1) is 10.2. The van der Waals surface area contributed by atoms with Crippen LogP contribution in [0.3, 0.4) is 0 Å². The second-order valence-electron chi connectivity index (χ2n) is 4.30. The number of esters is 1. The van der Waals surface area contributed by atoms with Crippen LogP contribution in [0.1, 0.15) is 24.4 Å². The predicted molar refractivity (Wildman–Crippen MR) is 78.7 cm³/mol. The van der Waals surface area contributed by atoms with Gasteiger partial charge in [-0.15, -0.1) is 10.2 Å². The molecule has 0 aliphatic carbocycles. The van der Waals surface area contributed by atoms with Crippen molar-refractivity contribution in [2.75, 3.05) is 12.4 Å². The fourth-order valence-corrected chi connectivity index (χ4v) is 2.27. The number of carbonyl (C=O) groups is 1. The van der Waals surface area contributed by atoms with E-state index in [9.17, 15) is 4.79 Å². The highest BCUT2D eigenvalue weighted by atomic mass is 32.2. The van der Waals surface area contributed by atoms with Crippen LogP contribution < -0.4 is 5.73 Å². The van der Waals surface area contributed by atoms with Gasteiger partial charge in [-0.2, -0.15) is 0 Å². The number of thioether (sulfide) groups is 1. The van der Waals surface area contributed by atoms with Crippen LogP contribution >= 0.6 is 11.8 Å². The number of hydrogen-bond acceptors (Lipinski definition) is 7. The van der Waals surface area contributed by atoms with Gasteiger partial charge >= 0.3 is 5.97 Å². The lowest BCUT2D eigenvalue weighted by molar-refractivity contribution is -0.139. The molecule has 1 atom stereocenters. The van der Waals surface area contributed by atoms with E-state index in [2.05, 4.69) is 10.2 Å². The van der Waals surface area contributed by atoms with E-state index in [4.69, 9.17) is 14.9 Å². The number of benzene rings is 1. The number of carbonyl (C=O) groups excluding carboxylic acids is 1. The van der Waals surface area contributed by atoms with Crippen molar-refractivity contribution < 1.29 is 13.9 Å². The van der Waals surface area contributed by atoms with Gasteiger partial charge in [0.05, 0.1) is 12.6 Å². The molecule has 0 saturated carbocycles. The molecule has 21 heavy (non-hydrogen) atoms. The Kier molecular flexibility index (Phi) is 5.77. The number of ether oxygens (including phenoxy) is 1. The Morgan fingerprint density at radius 1 is 1.38 bits per heavy atom. The zero-order valence-corrected chi connectivity index (χ0v) is 12.5. The van der Waals surface area contributed by atoms with Crippen molar-refractivity contribution in [3.05, 3.63) is 41.8 Å². The van der Waals surface area contributed by atoms with Crippen LogP contribution in [-0.2, 0) is 16.0 Å². The first-order valence-corrected chi connectivity index (χ1v) is 7.59. The summed E-state index contributed by atoms with van der Waals surface area (Å²) in [6.45, 7) is 2.12. The lowest BCUT2D eigenvalue weighted by Crippen LogP contribution is -2.13. The first-order valence-electron chi connectivity index (χ1n) is 6.60. The van der Waals surface area contributed by atoms with Crippen molar-refractivity contribution >= 4 is 17.7 Å². The normalized spacial score (nSPS) is 12.1. The van der Waals surface area contributed by atoms with Gasteiger partial charge in [-0.05, 0) is 18.9 Å². The lowest BCUT2D eigenvalue weighted by atomic mass is 10.1. The maximum Gasteiger partial charge on any atom is 0.316 e. The minimum absolute atomic E-state index is 0.142. The highest BCUT2D eigenvalue weighted by molar-refractivity contribution is 7.99. The van der Waals surface area contributed by atoms with E-state index in [-0.39, 0.29) is 17.8 Å². The number of aromatic nitrogens is 2. The minimum Gasteiger partial charge on any atom is -0.465 e. The van der Waals surface area contributed by atoms with E-state index < -0.39 is 0 Å². The average molecular weight is 307 g/mol. The molecule has 0 spiro atoms. The van der Waals surface area contributed by atoms with Gasteiger partial charge in [0, 0.05) is 0 Å². The largest absolute Gasteiger partial charge is 0.465 e. The number of nitrogens with zero attached hydrogens (tertiary/aromatic N) is 2. The molecule has 0 aliphatic heterocycles. The molecule has 0 saturated heterocycles. The van der Waals surface area contributed by atoms with Gasteiger partial charge in [0.1, 0.15) is 5.75 Å². The first kappa shape index (κ1) is 15.5. The molecule has 0 unspecified atom stereocenters. The standard InChI is InChI=1S/C14H17N3O3S/c1-2-19-12(18)9-21-14-17-16-13(20-14)11(15)8-10-6-4-3-5-7-10/h3-7,11H,2,8-9,15H2,1H3/t11-/m1/s1. The number of hydrogen-bond donors (Lipinski definition) is 1. The quantitative estimate of drug-likeness (QED) is 0.617. The summed E-state index contributed by atoms with van der Waals surface area (Å²) in [6, 6.07) is 9.48. The van der Waals surface area contributed by atoms with E-state index in [1.165, 1.54) is 0 Å². The molecule has 112 valence electrons. The van der Waals surface area contributed by atoms with Gasteiger partial charge in [-0.1, -0.05) is 42.1 Å². The third-order valence-electron chi connectivity index (χ3n) is 2.66. The van der Waals surface area contributed by atoms with Crippen LogP contribution in [0.5, 0.6) is 0 Å². The van der Waals surface area contributed by atoms with E-state index in [1.807, 2.05) is 30.3 Å². The van der Waals surface area contributed by atoms with Crippen molar-refractivity contribution in [1.82, 2.24) is 10.2 Å². The Bertz CT molecular complexity index is 574. The predicted octanol–water partition coefficient (Wildman–Crippen LogP) is 1.97. The molecule has 1 aromatic carbocycles. The molecule has 1 aromatic heterocycles. The molecule has 2 N–H and O–H groups in total. The third kappa shape index (κ3) is 4.87. The minimum atomic E-state index is -0.364. The highest BCUT2D eigenvalue weighted by Gasteiger charge is 2.16. The summed E-state index contributed by atoms with van der Waals surface area (Å²) in [5.41, 5.74) is 7.15. The molecule has 0 aliphatic rings. The molecule has 0 fully saturated rings. The van der Waals surface area contributed by atoms with Gasteiger partial charge in [-0.25, -0.2) is 0 Å². The van der Waals surface area contributed by atoms with Crippen LogP contribution in [0, 0.1) is 0 Å². The van der Waals surface area contributed by atoms with E-state index in [0.717, 1.165) is 17.3 Å². The molecule has 6 nitrogen and oxygen atoms in total. The Morgan fingerprint density at radius 3 is 2.86 bits per heavy atom. The van der Waals surface area contributed by atoms with Crippen molar-refractivity contribution in [3.8, 4) is 0 Å². The van der Waals surface area contributed by atoms with Crippen LogP contribution in [0.15, 0.2) is 40.0 Å². The summed E-state index contributed by atoms with van der Waals surface area (Å²) >= 11 is 1.14. The zero-order valence-electron chi connectivity index (χ0n) is 11.7. The van der Waals surface area contributed by atoms with Gasteiger partial charge in [0.2, 0.25) is 5.89 Å². The van der Waals surface area contributed by atoms with Crippen LogP contribution in [-0.4, -0.2) is 28.5 Å². The Balaban J connectivity index is 1.88. The van der Waals surface area contributed by atoms with Crippen LogP contribution in [0.2, 0.25) is 0 Å². The molecule has 1 heterocycles. The maximum absolute atomic E-state index is 11.2. The molecule has 7 heteroatoms. The second kappa shape index (κ2) is 7.80. The third-order valence-corrected chi connectivity index (χ3v) is 3.45. The molecule has 0 amide bonds. The summed E-state index contributed by atoms with van der Waals surface area (Å²) < 4.78 is 10.3. The summed E-state index contributed by atoms with van der Waals surface area (Å²) in [5.74, 6) is 0.199. The van der Waals surface area contributed by atoms with Crippen molar-refractivity contribution in [1.29, 1.82) is 0 Å². The molecule has 2 rings (SSSR count). The van der Waals surface area contributed by atoms with E-state index in [0.29, 0.717) is 24.1 Å². The van der Waals surface area contributed by atoms with E-state index in [1.54, 1.807) is 6.92 Å². The van der Waals surface area contributed by atoms with Crippen molar-refractivity contribution in [2.45, 2.75) is 24.6 Å². The zero-order chi connectivity index (χ0) is 15.1. The van der Waals surface area contributed by atoms with Gasteiger partial charge in [0.15, 0.2) is 0 Å². The maximum atomic E-state index is 11.2. The Hall–Kier alpha value is -1.86. The summed E-state index contributed by atoms with van der Waals surface area (Å²) in [6.07, 6.45) is 0.616. The van der Waals surface area contributed by atoms with Crippen molar-refractivity contribution in [2.24, 2.45) is 5.73 Å². The molecular formula is C14H17N3O3S. The fraction of sp³-hybridized carbons (Fsp3) is 0.357. The van der Waals surface area contributed by atoms with E-state index >= 15 is 0 Å². The topological polar surface area (TPSA) is 91.2 Å². The Morgan fingerprint density at radius 2 is 2.14 bits per heavy atom. The van der Waals surface area contributed by atoms with Gasteiger partial charge < -0.3 is 14.9 Å². The second-order valence-corrected chi connectivity index (χ2v) is 5.22. The fourth-order valence-electron chi connectivity index (χ4n) is 1.71. The summed E-state index contributed by atoms with van der Waals surface area (Å²) in [5, 5.41) is 8.11. The number of nitrogens with two attached hydrogens (primary N) is 1. The Labute approximate surface area is 127 Å². The molecule has 2 aromatic rings. The molecule has 0 bridgehead atoms. The monoisotopic (exact) mass is 307 g/mol. The van der Waals surface area contributed by atoms with Gasteiger partial charge in [-0.3, -0.25) is 4.79 Å². The molecular weight excluding hydrogens is 290 g/mol. The van der Waals surface area contributed by atoms with Gasteiger partial charge in [0.25, 0.3) is 5.22 Å². The highest BCUT2D eigenvalue weighted by Crippen LogP contribution is 2.20. The van der Waals surface area contributed by atoms with Crippen molar-refractivity contribution in [3.63, 3.8) is 0 Å². The summed E-state index contributed by atoms with van der Waals surface area (Å²) in [4.78, 5) is 11.2.